The molecule has 1 aliphatic rings. The normalized spacial score (nSPS) is 22.1. The van der Waals surface area contributed by atoms with Crippen LogP contribution in [0.5, 0.6) is 0 Å². The van der Waals surface area contributed by atoms with Gasteiger partial charge in [0.25, 0.3) is 0 Å². The molecule has 6 nitrogen and oxygen atoms in total. The zero-order chi connectivity index (χ0) is 14.0. The highest BCUT2D eigenvalue weighted by molar-refractivity contribution is 7.89. The average molecular weight is 274 g/mol. The molecule has 1 fully saturated rings. The molecule has 0 bridgehead atoms. The summed E-state index contributed by atoms with van der Waals surface area (Å²) in [6.07, 6.45) is 1.09. The monoisotopic (exact) mass is 274 g/mol. The van der Waals surface area contributed by atoms with E-state index in [2.05, 4.69) is 0 Å². The van der Waals surface area contributed by atoms with Crippen LogP contribution in [0.25, 0.3) is 0 Å². The average Bonchev–Trinajstić information content (AvgIpc) is 2.37. The van der Waals surface area contributed by atoms with Gasteiger partial charge in [-0.2, -0.15) is 5.26 Å². The van der Waals surface area contributed by atoms with Crippen molar-refractivity contribution < 1.29 is 18.3 Å². The van der Waals surface area contributed by atoms with E-state index in [1.54, 1.807) is 13.0 Å². The Labute approximate surface area is 107 Å². The number of carbonyl (C=O) groups is 1. The third kappa shape index (κ3) is 2.49. The number of piperidine rings is 1. The number of sulfonamides is 1. The lowest BCUT2D eigenvalue weighted by Gasteiger charge is -2.37. The first-order valence-corrected chi connectivity index (χ1v) is 7.42. The van der Waals surface area contributed by atoms with Crippen molar-refractivity contribution in [3.05, 3.63) is 0 Å². The van der Waals surface area contributed by atoms with Crippen LogP contribution in [-0.4, -0.2) is 42.1 Å². The lowest BCUT2D eigenvalue weighted by molar-refractivity contribution is -0.151. The van der Waals surface area contributed by atoms with Gasteiger partial charge < -0.3 is 5.11 Å². The van der Waals surface area contributed by atoms with Crippen LogP contribution < -0.4 is 0 Å². The van der Waals surface area contributed by atoms with E-state index in [1.165, 1.54) is 11.2 Å². The van der Waals surface area contributed by atoms with Crippen LogP contribution in [0.3, 0.4) is 0 Å². The number of carboxylic acids is 1. The summed E-state index contributed by atoms with van der Waals surface area (Å²) in [7, 11) is -3.62. The van der Waals surface area contributed by atoms with Crippen LogP contribution in [-0.2, 0) is 14.8 Å². The van der Waals surface area contributed by atoms with E-state index in [1.807, 2.05) is 0 Å². The predicted octanol–water partition coefficient (Wildman–Crippen LogP) is 0.805. The lowest BCUT2D eigenvalue weighted by atomic mass is 9.77. The van der Waals surface area contributed by atoms with Crippen molar-refractivity contribution in [1.82, 2.24) is 4.31 Å². The zero-order valence-electron chi connectivity index (χ0n) is 10.6. The first kappa shape index (κ1) is 14.9. The second kappa shape index (κ2) is 5.24. The van der Waals surface area contributed by atoms with Crippen LogP contribution in [0, 0.1) is 16.7 Å². The molecule has 1 N–H and O–H groups in total. The Morgan fingerprint density at radius 1 is 1.50 bits per heavy atom. The van der Waals surface area contributed by atoms with Gasteiger partial charge in [-0.1, -0.05) is 6.92 Å². The third-order valence-electron chi connectivity index (χ3n) is 3.80. The Hall–Kier alpha value is -1.13. The third-order valence-corrected chi connectivity index (χ3v) is 5.88. The summed E-state index contributed by atoms with van der Waals surface area (Å²) in [6.45, 7) is 3.49. The largest absolute Gasteiger partial charge is 0.481 e. The number of aliphatic carboxylic acids is 1. The van der Waals surface area contributed by atoms with Gasteiger partial charge >= 0.3 is 5.97 Å². The zero-order valence-corrected chi connectivity index (χ0v) is 11.4. The van der Waals surface area contributed by atoms with Gasteiger partial charge in [0.05, 0.1) is 11.5 Å². The number of nitriles is 1. The molecule has 0 spiro atoms. The summed E-state index contributed by atoms with van der Waals surface area (Å²) < 4.78 is 25.1. The van der Waals surface area contributed by atoms with Crippen LogP contribution in [0.1, 0.15) is 33.1 Å². The Bertz CT molecular complexity index is 458. The fourth-order valence-electron chi connectivity index (χ4n) is 2.18. The SMILES string of the molecule is CCC1(C(=O)O)CCN(S(=O)(=O)C(C)C#N)CC1. The van der Waals surface area contributed by atoms with Gasteiger partial charge in [-0.3, -0.25) is 4.79 Å². The second-order valence-electron chi connectivity index (χ2n) is 4.65. The van der Waals surface area contributed by atoms with E-state index in [-0.39, 0.29) is 13.1 Å². The smallest absolute Gasteiger partial charge is 0.309 e. The lowest BCUT2D eigenvalue weighted by Crippen LogP contribution is -2.48. The maximum absolute atomic E-state index is 11.9. The minimum absolute atomic E-state index is 0.175. The van der Waals surface area contributed by atoms with E-state index < -0.39 is 26.7 Å². The maximum atomic E-state index is 11.9. The fraction of sp³-hybridized carbons (Fsp3) is 0.818. The van der Waals surface area contributed by atoms with Crippen molar-refractivity contribution >= 4 is 16.0 Å². The molecular weight excluding hydrogens is 256 g/mol. The summed E-state index contributed by atoms with van der Waals surface area (Å²) in [5.74, 6) is -0.865. The molecule has 7 heteroatoms. The number of nitrogens with zero attached hydrogens (tertiary/aromatic N) is 2. The molecule has 1 saturated heterocycles. The topological polar surface area (TPSA) is 98.5 Å². The van der Waals surface area contributed by atoms with Crippen molar-refractivity contribution in [2.45, 2.75) is 38.4 Å². The number of carboxylic acid groups (broad SMARTS) is 1. The highest BCUT2D eigenvalue weighted by Crippen LogP contribution is 2.36. The molecule has 0 aromatic carbocycles. The summed E-state index contributed by atoms with van der Waals surface area (Å²) in [6, 6.07) is 1.71. The molecule has 0 amide bonds. The van der Waals surface area contributed by atoms with Gasteiger partial charge in [-0.05, 0) is 26.2 Å². The molecule has 1 aliphatic heterocycles. The maximum Gasteiger partial charge on any atom is 0.309 e. The molecule has 18 heavy (non-hydrogen) atoms. The molecule has 0 aromatic rings. The predicted molar refractivity (Wildman–Crippen MR) is 65.2 cm³/mol. The van der Waals surface area contributed by atoms with Crippen molar-refractivity contribution in [3.8, 4) is 6.07 Å². The van der Waals surface area contributed by atoms with Gasteiger partial charge in [-0.25, -0.2) is 12.7 Å². The first-order chi connectivity index (χ1) is 8.30. The van der Waals surface area contributed by atoms with Gasteiger partial charge in [0, 0.05) is 13.1 Å². The van der Waals surface area contributed by atoms with Crippen LogP contribution in [0.2, 0.25) is 0 Å². The van der Waals surface area contributed by atoms with Crippen LogP contribution >= 0.6 is 0 Å². The number of rotatable bonds is 4. The molecule has 0 radical (unpaired) electrons. The van der Waals surface area contributed by atoms with Gasteiger partial charge in [0.2, 0.25) is 10.0 Å². The highest BCUT2D eigenvalue weighted by Gasteiger charge is 2.43. The van der Waals surface area contributed by atoms with Crippen LogP contribution in [0.15, 0.2) is 0 Å². The fourth-order valence-corrected chi connectivity index (χ4v) is 3.45. The molecule has 0 saturated carbocycles. The molecule has 102 valence electrons. The quantitative estimate of drug-likeness (QED) is 0.817. The Morgan fingerprint density at radius 2 is 2.00 bits per heavy atom. The summed E-state index contributed by atoms with van der Waals surface area (Å²) in [5.41, 5.74) is -0.818. The van der Waals surface area contributed by atoms with E-state index in [0.717, 1.165) is 0 Å². The minimum Gasteiger partial charge on any atom is -0.481 e. The number of hydrogen-bond acceptors (Lipinski definition) is 4. The Balaban J connectivity index is 2.82. The van der Waals surface area contributed by atoms with Gasteiger partial charge in [-0.15, -0.1) is 0 Å². The van der Waals surface area contributed by atoms with E-state index in [0.29, 0.717) is 19.3 Å². The Kier molecular flexibility index (Phi) is 4.35. The molecule has 0 aromatic heterocycles. The van der Waals surface area contributed by atoms with Crippen molar-refractivity contribution in [3.63, 3.8) is 0 Å². The van der Waals surface area contributed by atoms with E-state index in [4.69, 9.17) is 5.26 Å². The van der Waals surface area contributed by atoms with Crippen molar-refractivity contribution in [2.24, 2.45) is 5.41 Å². The highest BCUT2D eigenvalue weighted by atomic mass is 32.2. The first-order valence-electron chi connectivity index (χ1n) is 5.92. The standard InChI is InChI=1S/C11H18N2O4S/c1-3-11(10(14)15)4-6-13(7-5-11)18(16,17)9(2)8-12/h9H,3-7H2,1-2H3,(H,14,15). The molecular formula is C11H18N2O4S. The van der Waals surface area contributed by atoms with Crippen molar-refractivity contribution in [2.75, 3.05) is 13.1 Å². The van der Waals surface area contributed by atoms with Crippen LogP contribution in [0.4, 0.5) is 0 Å². The minimum atomic E-state index is -3.62. The van der Waals surface area contributed by atoms with Gasteiger partial charge in [0.15, 0.2) is 5.25 Å². The van der Waals surface area contributed by atoms with E-state index in [9.17, 15) is 18.3 Å². The second-order valence-corrected chi connectivity index (χ2v) is 6.91. The van der Waals surface area contributed by atoms with E-state index >= 15 is 0 Å². The molecule has 1 atom stereocenters. The molecule has 1 unspecified atom stereocenters. The summed E-state index contributed by atoms with van der Waals surface area (Å²) >= 11 is 0. The molecule has 1 heterocycles. The molecule has 1 rings (SSSR count). The van der Waals surface area contributed by atoms with Gasteiger partial charge in [0.1, 0.15) is 0 Å². The summed E-state index contributed by atoms with van der Waals surface area (Å²) in [4.78, 5) is 11.2. The Morgan fingerprint density at radius 3 is 2.33 bits per heavy atom. The molecule has 0 aliphatic carbocycles. The van der Waals surface area contributed by atoms with Crippen molar-refractivity contribution in [1.29, 1.82) is 5.26 Å². The summed E-state index contributed by atoms with van der Waals surface area (Å²) in [5, 5.41) is 16.8. The number of hydrogen-bond donors (Lipinski definition) is 1.